The van der Waals surface area contributed by atoms with Crippen LogP contribution in [0.15, 0.2) is 0 Å². The largest absolute Gasteiger partial charge is 0.392 e. The number of hydrogen-bond acceptors (Lipinski definition) is 0. The van der Waals surface area contributed by atoms with E-state index in [0.29, 0.717) is 38.5 Å². The molecule has 0 heterocycles. The van der Waals surface area contributed by atoms with E-state index in [9.17, 15) is 26.3 Å². The first-order valence-corrected chi connectivity index (χ1v) is 9.28. The van der Waals surface area contributed by atoms with Gasteiger partial charge in [-0.1, -0.05) is 25.7 Å². The highest BCUT2D eigenvalue weighted by Gasteiger charge is 2.50. The minimum atomic E-state index is -4.17. The summed E-state index contributed by atoms with van der Waals surface area (Å²) in [6.45, 7) is 0. The molecule has 0 radical (unpaired) electrons. The maximum absolute atomic E-state index is 13.4. The van der Waals surface area contributed by atoms with E-state index in [4.69, 9.17) is 0 Å². The quantitative estimate of drug-likeness (QED) is 0.421. The fourth-order valence-corrected chi connectivity index (χ4v) is 5.56. The average molecular weight is 356 g/mol. The van der Waals surface area contributed by atoms with Crippen LogP contribution in [0.5, 0.6) is 0 Å². The third-order valence-corrected chi connectivity index (χ3v) is 6.94. The monoisotopic (exact) mass is 356 g/mol. The van der Waals surface area contributed by atoms with E-state index in [1.54, 1.807) is 0 Å². The molecule has 0 nitrogen and oxygen atoms in total. The standard InChI is InChI=1S/C18H26F6/c19-17(20,21)15-9-11-1-5-13(15)8-4-12-2-6-14(7-3-11)16(10-12)18(22,23)24/h11-16H,1-10H2. The molecule has 4 bridgehead atoms. The molecule has 0 N–H and O–H groups in total. The van der Waals surface area contributed by atoms with Crippen molar-refractivity contribution >= 4 is 0 Å². The smallest absolute Gasteiger partial charge is 0.171 e. The second-order valence-corrected chi connectivity index (χ2v) is 8.33. The van der Waals surface area contributed by atoms with Gasteiger partial charge in [-0.2, -0.15) is 26.3 Å². The van der Waals surface area contributed by atoms with Crippen molar-refractivity contribution in [2.24, 2.45) is 35.5 Å². The summed E-state index contributed by atoms with van der Waals surface area (Å²) in [6, 6.07) is 0. The zero-order valence-corrected chi connectivity index (χ0v) is 13.8. The molecule has 24 heavy (non-hydrogen) atoms. The Morgan fingerprint density at radius 3 is 1.00 bits per heavy atom. The Hall–Kier alpha value is -0.420. The molecule has 6 saturated carbocycles. The SMILES string of the molecule is FC(F)(F)C1CC2CCC1CCC1CCC(CC2)C(C(F)(F)F)C1. The fraction of sp³-hybridized carbons (Fsp3) is 1.00. The van der Waals surface area contributed by atoms with Crippen molar-refractivity contribution in [1.29, 1.82) is 0 Å². The number of halogens is 6. The van der Waals surface area contributed by atoms with Crippen LogP contribution >= 0.6 is 0 Å². The molecule has 2 unspecified atom stereocenters. The van der Waals surface area contributed by atoms with Gasteiger partial charge in [0.25, 0.3) is 0 Å². The minimum Gasteiger partial charge on any atom is -0.171 e. The molecule has 0 aromatic heterocycles. The second-order valence-electron chi connectivity index (χ2n) is 8.33. The molecule has 0 aromatic rings. The Morgan fingerprint density at radius 2 is 0.750 bits per heavy atom. The lowest BCUT2D eigenvalue weighted by atomic mass is 9.64. The summed E-state index contributed by atoms with van der Waals surface area (Å²) in [4.78, 5) is 0. The summed E-state index contributed by atoms with van der Waals surface area (Å²) in [5, 5.41) is 0. The van der Waals surface area contributed by atoms with Crippen LogP contribution in [-0.2, 0) is 0 Å². The average Bonchev–Trinajstić information content (AvgIpc) is 2.47. The Kier molecular flexibility index (Phi) is 5.14. The van der Waals surface area contributed by atoms with E-state index in [2.05, 4.69) is 0 Å². The predicted octanol–water partition coefficient (Wildman–Crippen LogP) is 6.75. The zero-order chi connectivity index (χ0) is 17.5. The van der Waals surface area contributed by atoms with E-state index in [0.717, 1.165) is 12.8 Å². The van der Waals surface area contributed by atoms with Crippen LogP contribution in [0.3, 0.4) is 0 Å². The first-order chi connectivity index (χ1) is 11.1. The number of alkyl halides is 6. The molecular weight excluding hydrogens is 330 g/mol. The Balaban J connectivity index is 1.78. The highest BCUT2D eigenvalue weighted by atomic mass is 19.4. The third-order valence-electron chi connectivity index (χ3n) is 6.94. The molecule has 0 aliphatic heterocycles. The molecule has 0 saturated heterocycles. The molecule has 0 amide bonds. The van der Waals surface area contributed by atoms with Gasteiger partial charge in [0, 0.05) is 0 Å². The summed E-state index contributed by atoms with van der Waals surface area (Å²) in [5.74, 6) is -3.37. The van der Waals surface area contributed by atoms with Gasteiger partial charge in [0.2, 0.25) is 0 Å². The maximum Gasteiger partial charge on any atom is 0.392 e. The van der Waals surface area contributed by atoms with Crippen molar-refractivity contribution in [3.8, 4) is 0 Å². The maximum atomic E-state index is 13.4. The summed E-state index contributed by atoms with van der Waals surface area (Å²) in [5.41, 5.74) is 0. The van der Waals surface area contributed by atoms with Gasteiger partial charge in [-0.15, -0.1) is 0 Å². The Labute approximate surface area is 139 Å². The highest BCUT2D eigenvalue weighted by Crippen LogP contribution is 2.51. The van der Waals surface area contributed by atoms with Crippen molar-refractivity contribution in [3.05, 3.63) is 0 Å². The molecular formula is C18H26F6. The van der Waals surface area contributed by atoms with Gasteiger partial charge in [0.1, 0.15) is 0 Å². The van der Waals surface area contributed by atoms with Crippen LogP contribution < -0.4 is 0 Å². The van der Waals surface area contributed by atoms with Gasteiger partial charge >= 0.3 is 12.4 Å². The van der Waals surface area contributed by atoms with Crippen LogP contribution in [0.1, 0.15) is 64.2 Å². The minimum absolute atomic E-state index is 0.0566. The van der Waals surface area contributed by atoms with E-state index < -0.39 is 24.2 Å². The van der Waals surface area contributed by atoms with Crippen molar-refractivity contribution in [2.75, 3.05) is 0 Å². The van der Waals surface area contributed by atoms with E-state index >= 15 is 0 Å². The topological polar surface area (TPSA) is 0 Å². The lowest BCUT2D eigenvalue weighted by molar-refractivity contribution is -0.208. The number of rotatable bonds is 0. The van der Waals surface area contributed by atoms with Crippen LogP contribution in [-0.4, -0.2) is 12.4 Å². The van der Waals surface area contributed by atoms with E-state index in [1.807, 2.05) is 0 Å². The molecule has 6 aliphatic rings. The van der Waals surface area contributed by atoms with Gasteiger partial charge < -0.3 is 0 Å². The van der Waals surface area contributed by atoms with Crippen molar-refractivity contribution in [1.82, 2.24) is 0 Å². The summed E-state index contributed by atoms with van der Waals surface area (Å²) in [7, 11) is 0. The van der Waals surface area contributed by atoms with Crippen LogP contribution in [0.2, 0.25) is 0 Å². The van der Waals surface area contributed by atoms with E-state index in [1.165, 1.54) is 0 Å². The Bertz CT molecular complexity index is 386. The first-order valence-electron chi connectivity index (χ1n) is 9.28. The summed E-state index contributed by atoms with van der Waals surface area (Å²) < 4.78 is 80.3. The van der Waals surface area contributed by atoms with Gasteiger partial charge in [0.05, 0.1) is 11.8 Å². The van der Waals surface area contributed by atoms with Crippen LogP contribution in [0.25, 0.3) is 0 Å². The van der Waals surface area contributed by atoms with Gasteiger partial charge in [0.15, 0.2) is 0 Å². The van der Waals surface area contributed by atoms with Crippen molar-refractivity contribution < 1.29 is 26.3 Å². The van der Waals surface area contributed by atoms with Gasteiger partial charge in [-0.05, 0) is 62.2 Å². The Morgan fingerprint density at radius 1 is 0.458 bits per heavy atom. The second kappa shape index (κ2) is 6.71. The highest BCUT2D eigenvalue weighted by molar-refractivity contribution is 4.90. The lowest BCUT2D eigenvalue weighted by Crippen LogP contribution is -2.39. The predicted molar refractivity (Wildman–Crippen MR) is 79.2 cm³/mol. The van der Waals surface area contributed by atoms with Crippen molar-refractivity contribution in [2.45, 2.75) is 76.6 Å². The van der Waals surface area contributed by atoms with E-state index in [-0.39, 0.29) is 36.5 Å². The lowest BCUT2D eigenvalue weighted by Gasteiger charge is -2.42. The fourth-order valence-electron chi connectivity index (χ4n) is 5.56. The third kappa shape index (κ3) is 4.04. The first kappa shape index (κ1) is 18.4. The normalized spacial score (nSPS) is 41.8. The summed E-state index contributed by atoms with van der Waals surface area (Å²) >= 11 is 0. The number of hydrogen-bond donors (Lipinski definition) is 0. The molecule has 6 aliphatic carbocycles. The van der Waals surface area contributed by atoms with Gasteiger partial charge in [-0.3, -0.25) is 0 Å². The molecule has 6 heteroatoms. The molecule has 0 spiro atoms. The van der Waals surface area contributed by atoms with Crippen LogP contribution in [0, 0.1) is 35.5 Å². The molecule has 6 rings (SSSR count). The van der Waals surface area contributed by atoms with Crippen LogP contribution in [0.4, 0.5) is 26.3 Å². The zero-order valence-electron chi connectivity index (χ0n) is 13.8. The van der Waals surface area contributed by atoms with Gasteiger partial charge in [-0.25, -0.2) is 0 Å². The molecule has 2 atom stereocenters. The molecule has 140 valence electrons. The van der Waals surface area contributed by atoms with Crippen molar-refractivity contribution in [3.63, 3.8) is 0 Å². The molecule has 6 fully saturated rings. The molecule has 0 aromatic carbocycles. The summed E-state index contributed by atoms with van der Waals surface area (Å²) in [6.07, 6.45) is -3.44.